The maximum Gasteiger partial charge on any atom is 0.263 e. The van der Waals surface area contributed by atoms with E-state index < -0.39 is 5.91 Å². The van der Waals surface area contributed by atoms with Gasteiger partial charge in [0.15, 0.2) is 11.5 Å². The molecule has 6 heteroatoms. The molecule has 140 valence electrons. The number of ether oxygens (including phenoxy) is 2. The Morgan fingerprint density at radius 1 is 1.15 bits per heavy atom. The summed E-state index contributed by atoms with van der Waals surface area (Å²) >= 11 is 0. The van der Waals surface area contributed by atoms with Gasteiger partial charge in [-0.3, -0.25) is 9.59 Å². The molecule has 1 amide bonds. The van der Waals surface area contributed by atoms with Crippen LogP contribution in [0.4, 0.5) is 5.69 Å². The van der Waals surface area contributed by atoms with Crippen LogP contribution in [0.3, 0.4) is 0 Å². The number of nitrogens with one attached hydrogen (secondary N) is 1. The van der Waals surface area contributed by atoms with Crippen molar-refractivity contribution in [3.8, 4) is 11.5 Å². The van der Waals surface area contributed by atoms with Crippen molar-refractivity contribution in [2.24, 2.45) is 5.92 Å². The zero-order valence-electron chi connectivity index (χ0n) is 16.0. The number of nitrogens with zero attached hydrogens (tertiary/aromatic N) is 1. The first-order chi connectivity index (χ1) is 12.4. The van der Waals surface area contributed by atoms with E-state index in [1.165, 1.54) is 7.11 Å². The molecule has 1 aromatic heterocycles. The quantitative estimate of drug-likeness (QED) is 0.823. The van der Waals surface area contributed by atoms with Crippen LogP contribution >= 0.6 is 0 Å². The number of methoxy groups -OCH3 is 2. The van der Waals surface area contributed by atoms with Crippen LogP contribution in [0.5, 0.6) is 11.5 Å². The molecule has 26 heavy (non-hydrogen) atoms. The third-order valence-electron chi connectivity index (χ3n) is 4.19. The highest BCUT2D eigenvalue weighted by Crippen LogP contribution is 2.29. The molecule has 0 saturated heterocycles. The summed E-state index contributed by atoms with van der Waals surface area (Å²) in [7, 11) is 3.07. The Labute approximate surface area is 153 Å². The molecule has 0 aliphatic rings. The number of pyridine rings is 1. The van der Waals surface area contributed by atoms with Crippen LogP contribution in [0, 0.1) is 12.8 Å². The number of hydrogen-bond acceptors (Lipinski definition) is 4. The highest BCUT2D eigenvalue weighted by Gasteiger charge is 2.17. The molecule has 1 heterocycles. The summed E-state index contributed by atoms with van der Waals surface area (Å²) in [5, 5.41) is 2.77. The van der Waals surface area contributed by atoms with Crippen LogP contribution in [0.1, 0.15) is 36.2 Å². The van der Waals surface area contributed by atoms with E-state index in [1.54, 1.807) is 49.1 Å². The first kappa shape index (κ1) is 19.6. The first-order valence-electron chi connectivity index (χ1n) is 8.60. The van der Waals surface area contributed by atoms with E-state index in [-0.39, 0.29) is 11.1 Å². The van der Waals surface area contributed by atoms with Crippen LogP contribution < -0.4 is 20.3 Å². The van der Waals surface area contributed by atoms with Crippen molar-refractivity contribution in [2.45, 2.75) is 33.7 Å². The topological polar surface area (TPSA) is 69.6 Å². The van der Waals surface area contributed by atoms with E-state index in [4.69, 9.17) is 9.47 Å². The molecule has 0 fully saturated rings. The third kappa shape index (κ3) is 4.45. The molecule has 0 aliphatic heterocycles. The number of anilines is 1. The maximum absolute atomic E-state index is 12.7. The highest BCUT2D eigenvalue weighted by molar-refractivity contribution is 6.05. The lowest BCUT2D eigenvalue weighted by Crippen LogP contribution is -2.30. The van der Waals surface area contributed by atoms with Gasteiger partial charge >= 0.3 is 0 Å². The monoisotopic (exact) mass is 358 g/mol. The molecule has 2 rings (SSSR count). The minimum absolute atomic E-state index is 0.158. The van der Waals surface area contributed by atoms with Gasteiger partial charge in [-0.25, -0.2) is 0 Å². The summed E-state index contributed by atoms with van der Waals surface area (Å²) in [5.41, 5.74) is 1.06. The van der Waals surface area contributed by atoms with Crippen LogP contribution in [-0.2, 0) is 6.54 Å². The van der Waals surface area contributed by atoms with Gasteiger partial charge < -0.3 is 19.4 Å². The Bertz CT molecular complexity index is 840. The molecule has 0 aliphatic carbocycles. The van der Waals surface area contributed by atoms with Gasteiger partial charge in [-0.1, -0.05) is 13.8 Å². The largest absolute Gasteiger partial charge is 0.493 e. The fourth-order valence-electron chi connectivity index (χ4n) is 2.62. The molecule has 1 aromatic carbocycles. The number of hydrogen-bond donors (Lipinski definition) is 1. The second-order valence-corrected chi connectivity index (χ2v) is 6.58. The lowest BCUT2D eigenvalue weighted by molar-refractivity contribution is 0.102. The summed E-state index contributed by atoms with van der Waals surface area (Å²) in [6, 6.07) is 6.86. The second kappa shape index (κ2) is 8.56. The molecule has 0 bridgehead atoms. The summed E-state index contributed by atoms with van der Waals surface area (Å²) in [6.45, 7) is 6.55. The Kier molecular flexibility index (Phi) is 6.44. The Hall–Kier alpha value is -2.76. The van der Waals surface area contributed by atoms with Gasteiger partial charge in [0.2, 0.25) is 0 Å². The summed E-state index contributed by atoms with van der Waals surface area (Å²) in [4.78, 5) is 25.4. The van der Waals surface area contributed by atoms with E-state index in [0.717, 1.165) is 6.42 Å². The van der Waals surface area contributed by atoms with Crippen molar-refractivity contribution in [1.82, 2.24) is 4.57 Å². The summed E-state index contributed by atoms with van der Waals surface area (Å²) in [5.74, 6) is 1.12. The average molecular weight is 358 g/mol. The highest BCUT2D eigenvalue weighted by atomic mass is 16.5. The molecule has 0 atom stereocenters. The van der Waals surface area contributed by atoms with Crippen molar-refractivity contribution in [2.75, 3.05) is 19.5 Å². The second-order valence-electron chi connectivity index (χ2n) is 6.58. The molecular formula is C20H26N2O4. The van der Waals surface area contributed by atoms with Crippen molar-refractivity contribution in [3.63, 3.8) is 0 Å². The van der Waals surface area contributed by atoms with Gasteiger partial charge in [-0.15, -0.1) is 0 Å². The SMILES string of the molecule is COc1ccc(NC(=O)c2c(C)ccn(CCC(C)C)c2=O)cc1OC. The van der Waals surface area contributed by atoms with Gasteiger partial charge in [0.1, 0.15) is 5.56 Å². The number of benzene rings is 1. The number of rotatable bonds is 7. The van der Waals surface area contributed by atoms with Gasteiger partial charge in [0.25, 0.3) is 11.5 Å². The summed E-state index contributed by atoms with van der Waals surface area (Å²) in [6.07, 6.45) is 2.62. The normalized spacial score (nSPS) is 10.7. The zero-order valence-corrected chi connectivity index (χ0v) is 16.0. The van der Waals surface area contributed by atoms with E-state index >= 15 is 0 Å². The zero-order chi connectivity index (χ0) is 19.3. The third-order valence-corrected chi connectivity index (χ3v) is 4.19. The van der Waals surface area contributed by atoms with Gasteiger partial charge in [0, 0.05) is 24.5 Å². The Morgan fingerprint density at radius 3 is 2.46 bits per heavy atom. The fraction of sp³-hybridized carbons (Fsp3) is 0.400. The molecule has 1 N–H and O–H groups in total. The van der Waals surface area contributed by atoms with Crippen LogP contribution in [0.25, 0.3) is 0 Å². The van der Waals surface area contributed by atoms with Crippen molar-refractivity contribution >= 4 is 11.6 Å². The number of carbonyl (C=O) groups is 1. The van der Waals surface area contributed by atoms with Crippen molar-refractivity contribution in [3.05, 3.63) is 51.9 Å². The van der Waals surface area contributed by atoms with Crippen LogP contribution in [-0.4, -0.2) is 24.7 Å². The van der Waals surface area contributed by atoms with Crippen LogP contribution in [0.15, 0.2) is 35.3 Å². The lowest BCUT2D eigenvalue weighted by atomic mass is 10.1. The van der Waals surface area contributed by atoms with E-state index in [9.17, 15) is 9.59 Å². The minimum Gasteiger partial charge on any atom is -0.493 e. The van der Waals surface area contributed by atoms with E-state index in [2.05, 4.69) is 19.2 Å². The standard InChI is InChI=1S/C20H26N2O4/c1-13(2)8-10-22-11-9-14(3)18(20(22)24)19(23)21-15-6-7-16(25-4)17(12-15)26-5/h6-7,9,11-13H,8,10H2,1-5H3,(H,21,23). The number of aromatic nitrogens is 1. The number of aryl methyl sites for hydroxylation is 2. The van der Waals surface area contributed by atoms with Crippen LogP contribution in [0.2, 0.25) is 0 Å². The lowest BCUT2D eigenvalue weighted by Gasteiger charge is -2.13. The Morgan fingerprint density at radius 2 is 1.85 bits per heavy atom. The predicted octanol–water partition coefficient (Wildman–Crippen LogP) is 3.47. The van der Waals surface area contributed by atoms with Gasteiger partial charge in [0.05, 0.1) is 14.2 Å². The molecule has 0 saturated carbocycles. The van der Waals surface area contributed by atoms with Gasteiger partial charge in [-0.05, 0) is 43.0 Å². The number of carbonyl (C=O) groups excluding carboxylic acids is 1. The Balaban J connectivity index is 2.29. The number of amides is 1. The fourth-order valence-corrected chi connectivity index (χ4v) is 2.62. The van der Waals surface area contributed by atoms with Gasteiger partial charge in [-0.2, -0.15) is 0 Å². The minimum atomic E-state index is -0.432. The maximum atomic E-state index is 12.7. The smallest absolute Gasteiger partial charge is 0.263 e. The van der Waals surface area contributed by atoms with Crippen molar-refractivity contribution < 1.29 is 14.3 Å². The molecular weight excluding hydrogens is 332 g/mol. The van der Waals surface area contributed by atoms with E-state index in [0.29, 0.717) is 35.2 Å². The molecule has 2 aromatic rings. The van der Waals surface area contributed by atoms with Crippen molar-refractivity contribution in [1.29, 1.82) is 0 Å². The molecule has 0 radical (unpaired) electrons. The molecule has 0 unspecified atom stereocenters. The molecule has 6 nitrogen and oxygen atoms in total. The first-order valence-corrected chi connectivity index (χ1v) is 8.60. The summed E-state index contributed by atoms with van der Waals surface area (Å²) < 4.78 is 12.0. The molecule has 0 spiro atoms. The average Bonchev–Trinajstić information content (AvgIpc) is 2.60. The van der Waals surface area contributed by atoms with E-state index in [1.807, 2.05) is 0 Å². The predicted molar refractivity (Wildman–Crippen MR) is 102 cm³/mol.